The van der Waals surface area contributed by atoms with Crippen LogP contribution in [0.5, 0.6) is 5.75 Å². The monoisotopic (exact) mass is 281 g/mol. The van der Waals surface area contributed by atoms with Gasteiger partial charge in [-0.05, 0) is 32.1 Å². The SMILES string of the molecule is CCCCCN(C)CCC(=O)c1c(F)cccc1OC. The van der Waals surface area contributed by atoms with E-state index in [9.17, 15) is 9.18 Å². The van der Waals surface area contributed by atoms with Crippen LogP contribution in [0, 0.1) is 5.82 Å². The number of hydrogen-bond acceptors (Lipinski definition) is 3. The van der Waals surface area contributed by atoms with Crippen LogP contribution in [0.4, 0.5) is 4.39 Å². The Morgan fingerprint density at radius 2 is 2.05 bits per heavy atom. The first-order valence-electron chi connectivity index (χ1n) is 7.14. The molecule has 0 aliphatic carbocycles. The molecule has 0 amide bonds. The molecule has 0 N–H and O–H groups in total. The second kappa shape index (κ2) is 8.69. The number of benzene rings is 1. The minimum absolute atomic E-state index is 0.0666. The highest BCUT2D eigenvalue weighted by Gasteiger charge is 2.17. The first-order valence-corrected chi connectivity index (χ1v) is 7.14. The fraction of sp³-hybridized carbons (Fsp3) is 0.562. The molecular formula is C16H24FNO2. The second-order valence-electron chi connectivity index (χ2n) is 5.00. The highest BCUT2D eigenvalue weighted by atomic mass is 19.1. The van der Waals surface area contributed by atoms with Crippen molar-refractivity contribution >= 4 is 5.78 Å². The smallest absolute Gasteiger partial charge is 0.170 e. The summed E-state index contributed by atoms with van der Waals surface area (Å²) in [6.07, 6.45) is 3.81. The topological polar surface area (TPSA) is 29.5 Å². The van der Waals surface area contributed by atoms with E-state index in [4.69, 9.17) is 4.74 Å². The minimum atomic E-state index is -0.511. The Kier molecular flexibility index (Phi) is 7.23. The fourth-order valence-electron chi connectivity index (χ4n) is 2.11. The molecule has 0 radical (unpaired) electrons. The van der Waals surface area contributed by atoms with Crippen molar-refractivity contribution in [2.45, 2.75) is 32.6 Å². The van der Waals surface area contributed by atoms with Gasteiger partial charge in [-0.25, -0.2) is 4.39 Å². The van der Waals surface area contributed by atoms with Gasteiger partial charge >= 0.3 is 0 Å². The molecule has 0 aliphatic rings. The maximum absolute atomic E-state index is 13.7. The Labute approximate surface area is 120 Å². The highest BCUT2D eigenvalue weighted by molar-refractivity contribution is 5.99. The molecule has 1 aromatic rings. The number of nitrogens with zero attached hydrogens (tertiary/aromatic N) is 1. The molecule has 0 fully saturated rings. The Morgan fingerprint density at radius 3 is 2.70 bits per heavy atom. The van der Waals surface area contributed by atoms with Crippen LogP contribution in [-0.4, -0.2) is 37.9 Å². The predicted molar refractivity (Wildman–Crippen MR) is 78.9 cm³/mol. The van der Waals surface area contributed by atoms with E-state index >= 15 is 0 Å². The third-order valence-corrected chi connectivity index (χ3v) is 3.34. The zero-order chi connectivity index (χ0) is 15.0. The number of rotatable bonds is 9. The van der Waals surface area contributed by atoms with E-state index in [0.29, 0.717) is 18.7 Å². The zero-order valence-electron chi connectivity index (χ0n) is 12.6. The number of unbranched alkanes of at least 4 members (excludes halogenated alkanes) is 2. The number of carbonyl (C=O) groups excluding carboxylic acids is 1. The van der Waals surface area contributed by atoms with Crippen molar-refractivity contribution < 1.29 is 13.9 Å². The molecule has 0 heterocycles. The molecule has 0 unspecified atom stereocenters. The van der Waals surface area contributed by atoms with Crippen molar-refractivity contribution in [2.24, 2.45) is 0 Å². The lowest BCUT2D eigenvalue weighted by atomic mass is 10.1. The molecule has 0 atom stereocenters. The molecule has 0 aliphatic heterocycles. The molecule has 0 aromatic heterocycles. The van der Waals surface area contributed by atoms with Gasteiger partial charge in [-0.2, -0.15) is 0 Å². The number of ketones is 1. The van der Waals surface area contributed by atoms with E-state index in [-0.39, 0.29) is 11.3 Å². The molecule has 20 heavy (non-hydrogen) atoms. The normalized spacial score (nSPS) is 10.8. The van der Waals surface area contributed by atoms with Crippen LogP contribution in [0.25, 0.3) is 0 Å². The molecule has 1 rings (SSSR count). The van der Waals surface area contributed by atoms with Gasteiger partial charge in [-0.15, -0.1) is 0 Å². The Balaban J connectivity index is 2.55. The molecule has 0 saturated heterocycles. The molecule has 1 aromatic carbocycles. The minimum Gasteiger partial charge on any atom is -0.496 e. The van der Waals surface area contributed by atoms with Gasteiger partial charge in [-0.3, -0.25) is 4.79 Å². The van der Waals surface area contributed by atoms with Gasteiger partial charge in [0.25, 0.3) is 0 Å². The van der Waals surface area contributed by atoms with Gasteiger partial charge in [0.2, 0.25) is 0 Å². The van der Waals surface area contributed by atoms with Gasteiger partial charge in [0, 0.05) is 13.0 Å². The summed E-state index contributed by atoms with van der Waals surface area (Å²) in [4.78, 5) is 14.2. The lowest BCUT2D eigenvalue weighted by Crippen LogP contribution is -2.23. The molecular weight excluding hydrogens is 257 g/mol. The number of carbonyl (C=O) groups is 1. The maximum Gasteiger partial charge on any atom is 0.170 e. The maximum atomic E-state index is 13.7. The summed E-state index contributed by atoms with van der Waals surface area (Å²) in [5.74, 6) is -0.408. The summed E-state index contributed by atoms with van der Waals surface area (Å²) < 4.78 is 18.8. The van der Waals surface area contributed by atoms with Gasteiger partial charge in [0.05, 0.1) is 12.7 Å². The third kappa shape index (κ3) is 4.93. The Bertz CT molecular complexity index is 434. The molecule has 0 spiro atoms. The van der Waals surface area contributed by atoms with Crippen LogP contribution in [0.2, 0.25) is 0 Å². The molecule has 0 saturated carbocycles. The molecule has 3 nitrogen and oxygen atoms in total. The van der Waals surface area contributed by atoms with Crippen molar-refractivity contribution in [1.82, 2.24) is 4.90 Å². The lowest BCUT2D eigenvalue weighted by molar-refractivity contribution is 0.0961. The summed E-state index contributed by atoms with van der Waals surface area (Å²) in [7, 11) is 3.43. The first kappa shape index (κ1) is 16.6. The average molecular weight is 281 g/mol. The quantitative estimate of drug-likeness (QED) is 0.512. The summed E-state index contributed by atoms with van der Waals surface area (Å²) in [6.45, 7) is 3.77. The number of ether oxygens (including phenoxy) is 1. The number of methoxy groups -OCH3 is 1. The van der Waals surface area contributed by atoms with Gasteiger partial charge in [0.15, 0.2) is 5.78 Å². The molecule has 112 valence electrons. The Hall–Kier alpha value is -1.42. The van der Waals surface area contributed by atoms with Gasteiger partial charge in [0.1, 0.15) is 11.6 Å². The zero-order valence-corrected chi connectivity index (χ0v) is 12.6. The Morgan fingerprint density at radius 1 is 1.30 bits per heavy atom. The fourth-order valence-corrected chi connectivity index (χ4v) is 2.11. The molecule has 4 heteroatoms. The highest BCUT2D eigenvalue weighted by Crippen LogP contribution is 2.22. The number of halogens is 1. The standard InChI is InChI=1S/C16H24FNO2/c1-4-5-6-11-18(2)12-10-14(19)16-13(17)8-7-9-15(16)20-3/h7-9H,4-6,10-12H2,1-3H3. The van der Waals surface area contributed by atoms with Crippen molar-refractivity contribution in [3.05, 3.63) is 29.6 Å². The van der Waals surface area contributed by atoms with Crippen molar-refractivity contribution in [3.63, 3.8) is 0 Å². The van der Waals surface area contributed by atoms with Gasteiger partial charge < -0.3 is 9.64 Å². The largest absolute Gasteiger partial charge is 0.496 e. The summed E-state index contributed by atoms with van der Waals surface area (Å²) in [5, 5.41) is 0. The van der Waals surface area contributed by atoms with Crippen LogP contribution in [-0.2, 0) is 0 Å². The van der Waals surface area contributed by atoms with Crippen molar-refractivity contribution in [3.8, 4) is 5.75 Å². The predicted octanol–water partition coefficient (Wildman–Crippen LogP) is 3.53. The lowest BCUT2D eigenvalue weighted by Gasteiger charge is -2.16. The van der Waals surface area contributed by atoms with Crippen molar-refractivity contribution in [2.75, 3.05) is 27.2 Å². The summed E-state index contributed by atoms with van der Waals surface area (Å²) in [5.41, 5.74) is 0.0666. The average Bonchev–Trinajstić information content (AvgIpc) is 2.44. The van der Waals surface area contributed by atoms with Crippen LogP contribution in [0.1, 0.15) is 43.0 Å². The summed E-state index contributed by atoms with van der Waals surface area (Å²) in [6, 6.07) is 4.45. The second-order valence-corrected chi connectivity index (χ2v) is 5.00. The van der Waals surface area contributed by atoms with Crippen molar-refractivity contribution in [1.29, 1.82) is 0 Å². The first-order chi connectivity index (χ1) is 9.60. The van der Waals surface area contributed by atoms with E-state index < -0.39 is 5.82 Å². The van der Waals surface area contributed by atoms with Crippen LogP contribution >= 0.6 is 0 Å². The van der Waals surface area contributed by atoms with Crippen LogP contribution in [0.15, 0.2) is 18.2 Å². The van der Waals surface area contributed by atoms with E-state index in [0.717, 1.165) is 13.0 Å². The molecule has 0 bridgehead atoms. The van der Waals surface area contributed by atoms with Crippen LogP contribution in [0.3, 0.4) is 0 Å². The van der Waals surface area contributed by atoms with E-state index in [1.165, 1.54) is 26.0 Å². The van der Waals surface area contributed by atoms with E-state index in [1.54, 1.807) is 12.1 Å². The van der Waals surface area contributed by atoms with E-state index in [2.05, 4.69) is 11.8 Å². The van der Waals surface area contributed by atoms with E-state index in [1.807, 2.05) is 7.05 Å². The summed E-state index contributed by atoms with van der Waals surface area (Å²) >= 11 is 0. The number of hydrogen-bond donors (Lipinski definition) is 0. The number of Topliss-reactive ketones (excluding diaryl/α,β-unsaturated/α-hetero) is 1. The third-order valence-electron chi connectivity index (χ3n) is 3.34. The van der Waals surface area contributed by atoms with Crippen LogP contribution < -0.4 is 4.74 Å². The van der Waals surface area contributed by atoms with Gasteiger partial charge in [-0.1, -0.05) is 25.8 Å².